The number of hydrogen-bond donors (Lipinski definition) is 1. The van der Waals surface area contributed by atoms with E-state index in [9.17, 15) is 9.90 Å². The van der Waals surface area contributed by atoms with Crippen molar-refractivity contribution in [2.75, 3.05) is 12.4 Å². The molecule has 23 heavy (non-hydrogen) atoms. The Morgan fingerprint density at radius 2 is 2.26 bits per heavy atom. The van der Waals surface area contributed by atoms with Crippen LogP contribution in [0.1, 0.15) is 52.9 Å². The molecule has 5 heteroatoms. The van der Waals surface area contributed by atoms with E-state index in [0.29, 0.717) is 42.4 Å². The normalized spacial score (nSPS) is 20.6. The lowest BCUT2D eigenvalue weighted by atomic mass is 9.82. The van der Waals surface area contributed by atoms with Crippen LogP contribution in [0, 0.1) is 5.92 Å². The summed E-state index contributed by atoms with van der Waals surface area (Å²) in [5.41, 5.74) is 0.939. The van der Waals surface area contributed by atoms with Gasteiger partial charge in [-0.3, -0.25) is 4.79 Å². The number of ketones is 1. The average molecular weight is 340 g/mol. The molecule has 0 fully saturated rings. The van der Waals surface area contributed by atoms with E-state index in [1.807, 2.05) is 18.7 Å². The van der Waals surface area contributed by atoms with E-state index < -0.39 is 0 Å². The maximum absolute atomic E-state index is 12.5. The summed E-state index contributed by atoms with van der Waals surface area (Å²) in [7, 11) is 0. The van der Waals surface area contributed by atoms with Crippen molar-refractivity contribution in [2.24, 2.45) is 11.1 Å². The van der Waals surface area contributed by atoms with E-state index in [2.05, 4.69) is 25.6 Å². The Hall–Kier alpha value is -1.23. The van der Waals surface area contributed by atoms with Gasteiger partial charge in [0.05, 0.1) is 11.3 Å². The highest BCUT2D eigenvalue weighted by Gasteiger charge is 2.31. The first kappa shape index (κ1) is 19.8. The summed E-state index contributed by atoms with van der Waals surface area (Å²) in [5.74, 6) is 1.46. The standard InChI is InChI=1S/C18H29NO3S/c1-5-8-15(19-22-9-6-2)18-16(20)11-14(12-17(18)21)10-13(4)23-7-3/h6,13-14,20H,2,5,7-12H2,1,3-4H3/b19-15+/t13-,14?/m1/s1. The number of aliphatic hydroxyl groups is 1. The molecule has 0 radical (unpaired) electrons. The van der Waals surface area contributed by atoms with E-state index in [-0.39, 0.29) is 17.5 Å². The fourth-order valence-electron chi connectivity index (χ4n) is 2.91. The smallest absolute Gasteiger partial charge is 0.168 e. The van der Waals surface area contributed by atoms with Crippen molar-refractivity contribution in [1.82, 2.24) is 0 Å². The molecule has 0 spiro atoms. The molecule has 1 N–H and O–H groups in total. The number of thioether (sulfide) groups is 1. The number of carbonyl (C=O) groups is 1. The number of rotatable bonds is 10. The van der Waals surface area contributed by atoms with Crippen LogP contribution in [0.3, 0.4) is 0 Å². The van der Waals surface area contributed by atoms with Crippen molar-refractivity contribution < 1.29 is 14.7 Å². The molecule has 4 nitrogen and oxygen atoms in total. The zero-order valence-electron chi connectivity index (χ0n) is 14.5. The first-order chi connectivity index (χ1) is 11.0. The van der Waals surface area contributed by atoms with Crippen LogP contribution >= 0.6 is 11.8 Å². The second kappa shape index (κ2) is 10.5. The van der Waals surface area contributed by atoms with Crippen LogP contribution < -0.4 is 0 Å². The Bertz CT molecular complexity index is 471. The van der Waals surface area contributed by atoms with Gasteiger partial charge in [0, 0.05) is 18.1 Å². The van der Waals surface area contributed by atoms with Crippen molar-refractivity contribution in [2.45, 2.75) is 58.1 Å². The summed E-state index contributed by atoms with van der Waals surface area (Å²) in [4.78, 5) is 17.7. The van der Waals surface area contributed by atoms with Crippen LogP contribution in [0.5, 0.6) is 0 Å². The van der Waals surface area contributed by atoms with Gasteiger partial charge in [0.2, 0.25) is 0 Å². The first-order valence-electron chi connectivity index (χ1n) is 8.40. The molecule has 1 rings (SSSR count). The fourth-order valence-corrected chi connectivity index (χ4v) is 3.89. The maximum atomic E-state index is 12.5. The Labute approximate surface area is 144 Å². The van der Waals surface area contributed by atoms with Crippen LogP contribution in [-0.4, -0.2) is 34.2 Å². The molecule has 0 heterocycles. The van der Waals surface area contributed by atoms with Gasteiger partial charge in [-0.1, -0.05) is 45.0 Å². The van der Waals surface area contributed by atoms with Crippen LogP contribution in [-0.2, 0) is 9.63 Å². The van der Waals surface area contributed by atoms with Crippen LogP contribution in [0.2, 0.25) is 0 Å². The van der Waals surface area contributed by atoms with Gasteiger partial charge in [-0.2, -0.15) is 11.8 Å². The van der Waals surface area contributed by atoms with Crippen molar-refractivity contribution >= 4 is 23.3 Å². The topological polar surface area (TPSA) is 58.9 Å². The minimum atomic E-state index is -0.0122. The summed E-state index contributed by atoms with van der Waals surface area (Å²) in [6.45, 7) is 10.2. The predicted molar refractivity (Wildman–Crippen MR) is 98.1 cm³/mol. The molecule has 0 aromatic rings. The quantitative estimate of drug-likeness (QED) is 0.272. The van der Waals surface area contributed by atoms with Crippen LogP contribution in [0.25, 0.3) is 0 Å². The van der Waals surface area contributed by atoms with Gasteiger partial charge >= 0.3 is 0 Å². The zero-order valence-corrected chi connectivity index (χ0v) is 15.3. The SMILES string of the molecule is C=CCO/N=C(\CCC)C1=C(O)CC(C[C@@H](C)SCC)CC1=O. The van der Waals surface area contributed by atoms with Crippen LogP contribution in [0.15, 0.2) is 29.1 Å². The number of aliphatic hydroxyl groups excluding tert-OH is 1. The molecule has 0 aromatic heterocycles. The summed E-state index contributed by atoms with van der Waals surface area (Å²) < 4.78 is 0. The summed E-state index contributed by atoms with van der Waals surface area (Å²) >= 11 is 1.89. The van der Waals surface area contributed by atoms with Gasteiger partial charge in [0.1, 0.15) is 12.4 Å². The second-order valence-corrected chi connectivity index (χ2v) is 7.61. The van der Waals surface area contributed by atoms with E-state index >= 15 is 0 Å². The van der Waals surface area contributed by atoms with Crippen molar-refractivity contribution in [3.05, 3.63) is 24.0 Å². The molecular formula is C18H29NO3S. The van der Waals surface area contributed by atoms with Gasteiger partial charge in [-0.25, -0.2) is 0 Å². The third-order valence-electron chi connectivity index (χ3n) is 3.78. The van der Waals surface area contributed by atoms with E-state index in [1.54, 1.807) is 6.08 Å². The van der Waals surface area contributed by atoms with Gasteiger partial charge in [-0.05, 0) is 24.5 Å². The molecule has 0 aliphatic heterocycles. The Morgan fingerprint density at radius 1 is 1.52 bits per heavy atom. The Morgan fingerprint density at radius 3 is 2.83 bits per heavy atom. The van der Waals surface area contributed by atoms with E-state index in [4.69, 9.17) is 4.84 Å². The summed E-state index contributed by atoms with van der Waals surface area (Å²) in [6.07, 6.45) is 5.06. The highest BCUT2D eigenvalue weighted by molar-refractivity contribution is 7.99. The molecule has 0 bridgehead atoms. The molecule has 2 atom stereocenters. The number of carbonyl (C=O) groups excluding carboxylic acids is 1. The molecule has 0 amide bonds. The predicted octanol–water partition coefficient (Wildman–Crippen LogP) is 4.67. The molecular weight excluding hydrogens is 310 g/mol. The van der Waals surface area contributed by atoms with Crippen molar-refractivity contribution in [3.63, 3.8) is 0 Å². The molecule has 130 valence electrons. The minimum Gasteiger partial charge on any atom is -0.511 e. The second-order valence-electron chi connectivity index (χ2n) is 5.89. The summed E-state index contributed by atoms with van der Waals surface area (Å²) in [6, 6.07) is 0. The highest BCUT2D eigenvalue weighted by Crippen LogP contribution is 2.32. The third-order valence-corrected chi connectivity index (χ3v) is 4.88. The average Bonchev–Trinajstić information content (AvgIpc) is 2.47. The fraction of sp³-hybridized carbons (Fsp3) is 0.667. The number of oxime groups is 1. The number of nitrogens with zero attached hydrogens (tertiary/aromatic N) is 1. The van der Waals surface area contributed by atoms with Gasteiger partial charge < -0.3 is 9.94 Å². The Balaban J connectivity index is 2.86. The van der Waals surface area contributed by atoms with Crippen LogP contribution in [0.4, 0.5) is 0 Å². The molecule has 0 saturated carbocycles. The number of hydrogen-bond acceptors (Lipinski definition) is 5. The third kappa shape index (κ3) is 6.42. The monoisotopic (exact) mass is 339 g/mol. The highest BCUT2D eigenvalue weighted by atomic mass is 32.2. The lowest BCUT2D eigenvalue weighted by Crippen LogP contribution is -2.26. The Kier molecular flexibility index (Phi) is 9.07. The van der Waals surface area contributed by atoms with Gasteiger partial charge in [-0.15, -0.1) is 0 Å². The lowest BCUT2D eigenvalue weighted by Gasteiger charge is -2.25. The van der Waals surface area contributed by atoms with Gasteiger partial charge in [0.15, 0.2) is 5.78 Å². The molecule has 1 unspecified atom stereocenters. The van der Waals surface area contributed by atoms with Crippen molar-refractivity contribution in [3.8, 4) is 0 Å². The zero-order chi connectivity index (χ0) is 17.2. The number of allylic oxidation sites excluding steroid dienone is 2. The maximum Gasteiger partial charge on any atom is 0.168 e. The summed E-state index contributed by atoms with van der Waals surface area (Å²) in [5, 5.41) is 15.0. The molecule has 0 aromatic carbocycles. The minimum absolute atomic E-state index is 0.0122. The molecule has 0 saturated heterocycles. The van der Waals surface area contributed by atoms with Gasteiger partial charge in [0.25, 0.3) is 0 Å². The van der Waals surface area contributed by atoms with E-state index in [1.165, 1.54) is 0 Å². The first-order valence-corrected chi connectivity index (χ1v) is 9.45. The number of Topliss-reactive ketones (excluding diaryl/α,β-unsaturated/α-hetero) is 1. The molecule has 1 aliphatic rings. The lowest BCUT2D eigenvalue weighted by molar-refractivity contribution is -0.116. The largest absolute Gasteiger partial charge is 0.511 e. The van der Waals surface area contributed by atoms with E-state index in [0.717, 1.165) is 18.6 Å². The molecule has 1 aliphatic carbocycles. The van der Waals surface area contributed by atoms with Crippen molar-refractivity contribution in [1.29, 1.82) is 0 Å².